The molecule has 3 atom stereocenters. The van der Waals surface area contributed by atoms with Crippen LogP contribution in [0.25, 0.3) is 4.96 Å². The van der Waals surface area contributed by atoms with Gasteiger partial charge in [-0.2, -0.15) is 4.52 Å². The van der Waals surface area contributed by atoms with Crippen LogP contribution >= 0.6 is 11.3 Å². The molecule has 26 heavy (non-hydrogen) atoms. The van der Waals surface area contributed by atoms with Gasteiger partial charge in [-0.25, -0.2) is 4.98 Å². The number of aromatic nitrogens is 3. The molecular weight excluding hydrogens is 344 g/mol. The van der Waals surface area contributed by atoms with Gasteiger partial charge < -0.3 is 5.11 Å². The summed E-state index contributed by atoms with van der Waals surface area (Å²) in [4.78, 5) is 8.67. The molecule has 0 radical (unpaired) electrons. The number of likely N-dealkylation sites (tertiary alicyclic amines) is 1. The van der Waals surface area contributed by atoms with Crippen molar-refractivity contribution in [2.24, 2.45) is 11.8 Å². The Morgan fingerprint density at radius 2 is 1.92 bits per heavy atom. The number of aromatic hydroxyl groups is 1. The Morgan fingerprint density at radius 1 is 1.19 bits per heavy atom. The van der Waals surface area contributed by atoms with Gasteiger partial charge in [-0.1, -0.05) is 55.0 Å². The van der Waals surface area contributed by atoms with Crippen LogP contribution in [0.2, 0.25) is 0 Å². The van der Waals surface area contributed by atoms with Gasteiger partial charge >= 0.3 is 0 Å². The van der Waals surface area contributed by atoms with Crippen molar-refractivity contribution in [3.63, 3.8) is 0 Å². The van der Waals surface area contributed by atoms with E-state index in [1.54, 1.807) is 15.9 Å². The van der Waals surface area contributed by atoms with Crippen molar-refractivity contribution in [2.45, 2.75) is 40.2 Å². The number of thiazole rings is 1. The third-order valence-corrected chi connectivity index (χ3v) is 6.25. The fourth-order valence-corrected chi connectivity index (χ4v) is 5.48. The number of fused-ring (bicyclic) bond motifs is 1. The van der Waals surface area contributed by atoms with Gasteiger partial charge in [0, 0.05) is 13.1 Å². The zero-order chi connectivity index (χ0) is 18.4. The van der Waals surface area contributed by atoms with Crippen molar-refractivity contribution in [3.8, 4) is 5.88 Å². The highest BCUT2D eigenvalue weighted by atomic mass is 32.1. The average Bonchev–Trinajstić information content (AvgIpc) is 3.05. The Balaban J connectivity index is 1.84. The first-order valence-electron chi connectivity index (χ1n) is 9.28. The SMILES string of the molecule is Cc1cccc([C@H](c2sc3nc(C)nn3c2O)N2C[C@H](C)C[C@H](C)C2)c1. The molecule has 2 aromatic heterocycles. The molecule has 4 rings (SSSR count). The van der Waals surface area contributed by atoms with E-state index in [0.29, 0.717) is 17.7 Å². The van der Waals surface area contributed by atoms with Crippen molar-refractivity contribution < 1.29 is 5.11 Å². The predicted molar refractivity (Wildman–Crippen MR) is 105 cm³/mol. The van der Waals surface area contributed by atoms with Crippen LogP contribution in [-0.4, -0.2) is 37.7 Å². The zero-order valence-electron chi connectivity index (χ0n) is 15.8. The molecular formula is C20H26N4OS. The second-order valence-electron chi connectivity index (χ2n) is 7.86. The highest BCUT2D eigenvalue weighted by molar-refractivity contribution is 7.17. The predicted octanol–water partition coefficient (Wildman–Crippen LogP) is 4.18. The van der Waals surface area contributed by atoms with Gasteiger partial charge in [-0.15, -0.1) is 5.10 Å². The molecule has 0 bridgehead atoms. The fourth-order valence-electron chi connectivity index (χ4n) is 4.32. The van der Waals surface area contributed by atoms with Gasteiger partial charge in [-0.05, 0) is 37.7 Å². The van der Waals surface area contributed by atoms with E-state index >= 15 is 0 Å². The van der Waals surface area contributed by atoms with Gasteiger partial charge in [-0.3, -0.25) is 4.90 Å². The molecule has 1 N–H and O–H groups in total. The van der Waals surface area contributed by atoms with E-state index in [0.717, 1.165) is 22.9 Å². The molecule has 138 valence electrons. The van der Waals surface area contributed by atoms with E-state index in [1.807, 2.05) is 6.92 Å². The lowest BCUT2D eigenvalue weighted by Crippen LogP contribution is -2.41. The second-order valence-corrected chi connectivity index (χ2v) is 8.87. The molecule has 0 aliphatic carbocycles. The minimum atomic E-state index is 0.0360. The molecule has 1 aliphatic rings. The van der Waals surface area contributed by atoms with Crippen LogP contribution < -0.4 is 0 Å². The van der Waals surface area contributed by atoms with E-state index in [1.165, 1.54) is 17.5 Å². The highest BCUT2D eigenvalue weighted by Gasteiger charge is 2.33. The van der Waals surface area contributed by atoms with E-state index < -0.39 is 0 Å². The summed E-state index contributed by atoms with van der Waals surface area (Å²) in [6.45, 7) is 10.7. The number of rotatable bonds is 3. The van der Waals surface area contributed by atoms with E-state index in [2.05, 4.69) is 60.0 Å². The van der Waals surface area contributed by atoms with Crippen LogP contribution in [0.4, 0.5) is 0 Å². The Hall–Kier alpha value is -1.92. The molecule has 0 saturated carbocycles. The van der Waals surface area contributed by atoms with Crippen molar-refractivity contribution >= 4 is 16.3 Å². The van der Waals surface area contributed by atoms with E-state index in [4.69, 9.17) is 0 Å². The standard InChI is InChI=1S/C20H26N4OS/c1-12-6-5-7-16(9-12)17(23-10-13(2)8-14(3)11-23)18-19(25)24-20(26-18)21-15(4)22-24/h5-7,9,13-14,17,25H,8,10-11H2,1-4H3/t13-,14+,17-/m1/s1. The van der Waals surface area contributed by atoms with Crippen LogP contribution in [0.5, 0.6) is 5.88 Å². The Kier molecular flexibility index (Phi) is 4.49. The topological polar surface area (TPSA) is 53.7 Å². The molecule has 1 fully saturated rings. The maximum atomic E-state index is 10.9. The Morgan fingerprint density at radius 3 is 2.58 bits per heavy atom. The third kappa shape index (κ3) is 3.12. The maximum absolute atomic E-state index is 10.9. The number of hydrogen-bond donors (Lipinski definition) is 1. The minimum Gasteiger partial charge on any atom is -0.492 e. The highest BCUT2D eigenvalue weighted by Crippen LogP contribution is 2.42. The Labute approximate surface area is 158 Å². The zero-order valence-corrected chi connectivity index (χ0v) is 16.6. The van der Waals surface area contributed by atoms with Crippen LogP contribution in [-0.2, 0) is 0 Å². The van der Waals surface area contributed by atoms with Crippen molar-refractivity contribution in [1.82, 2.24) is 19.5 Å². The molecule has 0 amide bonds. The van der Waals surface area contributed by atoms with Crippen molar-refractivity contribution in [2.75, 3.05) is 13.1 Å². The minimum absolute atomic E-state index is 0.0360. The number of benzene rings is 1. The lowest BCUT2D eigenvalue weighted by atomic mass is 9.89. The largest absolute Gasteiger partial charge is 0.492 e. The molecule has 3 heterocycles. The number of piperidine rings is 1. The van der Waals surface area contributed by atoms with Crippen molar-refractivity contribution in [3.05, 3.63) is 46.1 Å². The van der Waals surface area contributed by atoms with Crippen LogP contribution in [0.1, 0.15) is 48.1 Å². The lowest BCUT2D eigenvalue weighted by molar-refractivity contribution is 0.112. The van der Waals surface area contributed by atoms with Crippen LogP contribution in [0.3, 0.4) is 0 Å². The van der Waals surface area contributed by atoms with Gasteiger partial charge in [0.15, 0.2) is 0 Å². The molecule has 6 heteroatoms. The first-order chi connectivity index (χ1) is 12.4. The average molecular weight is 371 g/mol. The molecule has 0 spiro atoms. The van der Waals surface area contributed by atoms with Crippen LogP contribution in [0.15, 0.2) is 24.3 Å². The summed E-state index contributed by atoms with van der Waals surface area (Å²) in [5, 5.41) is 15.3. The maximum Gasteiger partial charge on any atom is 0.230 e. The van der Waals surface area contributed by atoms with Gasteiger partial charge in [0.2, 0.25) is 10.8 Å². The first-order valence-corrected chi connectivity index (χ1v) is 10.1. The first kappa shape index (κ1) is 17.5. The number of hydrogen-bond acceptors (Lipinski definition) is 5. The van der Waals surface area contributed by atoms with E-state index in [-0.39, 0.29) is 11.9 Å². The van der Waals surface area contributed by atoms with Crippen LogP contribution in [0, 0.1) is 25.7 Å². The number of nitrogens with zero attached hydrogens (tertiary/aromatic N) is 4. The van der Waals surface area contributed by atoms with Gasteiger partial charge in [0.05, 0.1) is 10.9 Å². The van der Waals surface area contributed by atoms with E-state index in [9.17, 15) is 5.11 Å². The summed E-state index contributed by atoms with van der Waals surface area (Å²) in [6, 6.07) is 8.66. The summed E-state index contributed by atoms with van der Waals surface area (Å²) in [5.41, 5.74) is 2.46. The quantitative estimate of drug-likeness (QED) is 0.751. The van der Waals surface area contributed by atoms with Gasteiger partial charge in [0.1, 0.15) is 5.82 Å². The summed E-state index contributed by atoms with van der Waals surface area (Å²) in [5.74, 6) is 2.21. The second kappa shape index (κ2) is 6.67. The Bertz CT molecular complexity index is 921. The summed E-state index contributed by atoms with van der Waals surface area (Å²) < 4.78 is 1.58. The smallest absolute Gasteiger partial charge is 0.230 e. The molecule has 0 unspecified atom stereocenters. The monoisotopic (exact) mass is 370 g/mol. The normalized spacial score (nSPS) is 22.8. The molecule has 3 aromatic rings. The van der Waals surface area contributed by atoms with Crippen molar-refractivity contribution in [1.29, 1.82) is 0 Å². The molecule has 5 nitrogen and oxygen atoms in total. The summed E-state index contributed by atoms with van der Waals surface area (Å²) >= 11 is 1.55. The molecule has 1 aliphatic heterocycles. The molecule has 1 aromatic carbocycles. The number of aryl methyl sites for hydroxylation is 2. The fraction of sp³-hybridized carbons (Fsp3) is 0.500. The third-order valence-electron chi connectivity index (χ3n) is 5.17. The summed E-state index contributed by atoms with van der Waals surface area (Å²) in [7, 11) is 0. The molecule has 1 saturated heterocycles. The summed E-state index contributed by atoms with van der Waals surface area (Å²) in [6.07, 6.45) is 1.26. The lowest BCUT2D eigenvalue weighted by Gasteiger charge is -2.40. The van der Waals surface area contributed by atoms with Gasteiger partial charge in [0.25, 0.3) is 0 Å².